The Hall–Kier alpha value is -2.45. The molecule has 1 aromatic heterocycles. The van der Waals surface area contributed by atoms with Crippen LogP contribution in [0.15, 0.2) is 47.5 Å². The number of benzene rings is 1. The number of aromatic nitrogens is 1. The lowest BCUT2D eigenvalue weighted by atomic mass is 10.2. The highest BCUT2D eigenvalue weighted by Crippen LogP contribution is 2.25. The van der Waals surface area contributed by atoms with Crippen LogP contribution in [0.4, 0.5) is 0 Å². The summed E-state index contributed by atoms with van der Waals surface area (Å²) in [5, 5.41) is 0. The van der Waals surface area contributed by atoms with Gasteiger partial charge >= 0.3 is 0 Å². The number of primary amides is 1. The Balaban J connectivity index is 1.75. The van der Waals surface area contributed by atoms with Crippen LogP contribution in [0.1, 0.15) is 22.5 Å². The van der Waals surface area contributed by atoms with Gasteiger partial charge in [0, 0.05) is 18.3 Å². The zero-order chi connectivity index (χ0) is 18.0. The zero-order valence-corrected chi connectivity index (χ0v) is 14.6. The van der Waals surface area contributed by atoms with Gasteiger partial charge in [0.1, 0.15) is 11.9 Å². The topological polar surface area (TPSA) is 103 Å². The minimum atomic E-state index is -3.70. The van der Waals surface area contributed by atoms with Crippen LogP contribution in [0, 0.1) is 6.92 Å². The number of hydrogen-bond donors (Lipinski definition) is 1. The molecule has 0 aliphatic carbocycles. The molecule has 1 fully saturated rings. The molecule has 132 valence electrons. The number of aryl methyl sites for hydroxylation is 1. The van der Waals surface area contributed by atoms with E-state index in [0.717, 1.165) is 5.69 Å². The first-order valence-corrected chi connectivity index (χ1v) is 9.30. The molecule has 0 saturated carbocycles. The van der Waals surface area contributed by atoms with Crippen molar-refractivity contribution in [2.24, 2.45) is 5.73 Å². The standard InChI is InChI=1S/C17H19N3O4S/c1-12-16(6-3-8-19-12)24-14-7-9-20(11-14)25(22,23)15-5-2-4-13(10-15)17(18)21/h2-6,8,10,14H,7,9,11H2,1H3,(H2,18,21)/t14-/m0/s1. The van der Waals surface area contributed by atoms with Gasteiger partial charge in [0.05, 0.1) is 17.1 Å². The van der Waals surface area contributed by atoms with E-state index in [0.29, 0.717) is 18.7 Å². The third kappa shape index (κ3) is 3.64. The first kappa shape index (κ1) is 17.4. The van der Waals surface area contributed by atoms with Gasteiger partial charge in [0.15, 0.2) is 0 Å². The number of ether oxygens (including phenoxy) is 1. The average Bonchev–Trinajstić information content (AvgIpc) is 3.06. The maximum atomic E-state index is 12.8. The molecule has 1 aliphatic rings. The molecule has 1 amide bonds. The number of carbonyl (C=O) groups is 1. The summed E-state index contributed by atoms with van der Waals surface area (Å²) >= 11 is 0. The maximum Gasteiger partial charge on any atom is 0.248 e. The van der Waals surface area contributed by atoms with Crippen LogP contribution in [0.5, 0.6) is 5.75 Å². The second kappa shape index (κ2) is 6.81. The highest BCUT2D eigenvalue weighted by Gasteiger charge is 2.34. The van der Waals surface area contributed by atoms with Crippen molar-refractivity contribution in [3.05, 3.63) is 53.9 Å². The Morgan fingerprint density at radius 1 is 1.32 bits per heavy atom. The third-order valence-corrected chi connectivity index (χ3v) is 5.98. The van der Waals surface area contributed by atoms with Gasteiger partial charge in [-0.2, -0.15) is 4.31 Å². The quantitative estimate of drug-likeness (QED) is 0.865. The highest BCUT2D eigenvalue weighted by molar-refractivity contribution is 7.89. The molecule has 1 aromatic carbocycles. The number of sulfonamides is 1. The molecule has 0 radical (unpaired) electrons. The largest absolute Gasteiger partial charge is 0.487 e. The fourth-order valence-corrected chi connectivity index (χ4v) is 4.28. The van der Waals surface area contributed by atoms with Crippen molar-refractivity contribution >= 4 is 15.9 Å². The van der Waals surface area contributed by atoms with Crippen molar-refractivity contribution in [3.63, 3.8) is 0 Å². The number of carbonyl (C=O) groups excluding carboxylic acids is 1. The van der Waals surface area contributed by atoms with Crippen molar-refractivity contribution in [1.29, 1.82) is 0 Å². The van der Waals surface area contributed by atoms with Crippen LogP contribution in [0.2, 0.25) is 0 Å². The average molecular weight is 361 g/mol. The number of pyridine rings is 1. The lowest BCUT2D eigenvalue weighted by Gasteiger charge is -2.18. The van der Waals surface area contributed by atoms with Crippen LogP contribution in [0.3, 0.4) is 0 Å². The van der Waals surface area contributed by atoms with Gasteiger partial charge < -0.3 is 10.5 Å². The van der Waals surface area contributed by atoms with Crippen LogP contribution in [0.25, 0.3) is 0 Å². The fourth-order valence-electron chi connectivity index (χ4n) is 2.74. The number of hydrogen-bond acceptors (Lipinski definition) is 5. The lowest BCUT2D eigenvalue weighted by Crippen LogP contribution is -2.31. The minimum Gasteiger partial charge on any atom is -0.487 e. The number of rotatable bonds is 5. The van der Waals surface area contributed by atoms with E-state index in [2.05, 4.69) is 4.98 Å². The van der Waals surface area contributed by atoms with Crippen LogP contribution < -0.4 is 10.5 Å². The van der Waals surface area contributed by atoms with Crippen molar-refractivity contribution in [2.45, 2.75) is 24.3 Å². The smallest absolute Gasteiger partial charge is 0.248 e. The SMILES string of the molecule is Cc1ncccc1O[C@H]1CCN(S(=O)(=O)c2cccc(C(N)=O)c2)C1. The Bertz CT molecular complexity index is 898. The second-order valence-corrected chi connectivity index (χ2v) is 7.81. The fraction of sp³-hybridized carbons (Fsp3) is 0.294. The Morgan fingerprint density at radius 3 is 2.84 bits per heavy atom. The number of nitrogens with zero attached hydrogens (tertiary/aromatic N) is 2. The van der Waals surface area contributed by atoms with Crippen molar-refractivity contribution in [1.82, 2.24) is 9.29 Å². The van der Waals surface area contributed by atoms with Crippen molar-refractivity contribution < 1.29 is 17.9 Å². The van der Waals surface area contributed by atoms with E-state index in [4.69, 9.17) is 10.5 Å². The summed E-state index contributed by atoms with van der Waals surface area (Å²) in [5.41, 5.74) is 6.16. The maximum absolute atomic E-state index is 12.8. The van der Waals surface area contributed by atoms with E-state index in [-0.39, 0.29) is 23.1 Å². The number of amides is 1. The monoisotopic (exact) mass is 361 g/mol. The number of nitrogens with two attached hydrogens (primary N) is 1. The molecule has 1 atom stereocenters. The zero-order valence-electron chi connectivity index (χ0n) is 13.8. The van der Waals surface area contributed by atoms with Gasteiger partial charge in [0.2, 0.25) is 15.9 Å². The highest BCUT2D eigenvalue weighted by atomic mass is 32.2. The summed E-state index contributed by atoms with van der Waals surface area (Å²) < 4.78 is 32.8. The Kier molecular flexibility index (Phi) is 4.73. The minimum absolute atomic E-state index is 0.0574. The van der Waals surface area contributed by atoms with Gasteiger partial charge in [-0.05, 0) is 43.7 Å². The summed E-state index contributed by atoms with van der Waals surface area (Å²) in [6.07, 6.45) is 2.03. The van der Waals surface area contributed by atoms with Gasteiger partial charge in [-0.25, -0.2) is 8.42 Å². The molecule has 2 heterocycles. The predicted octanol–water partition coefficient (Wildman–Crippen LogP) is 1.33. The Labute approximate surface area is 146 Å². The molecule has 7 nitrogen and oxygen atoms in total. The van der Waals surface area contributed by atoms with E-state index < -0.39 is 15.9 Å². The van der Waals surface area contributed by atoms with Gasteiger partial charge in [0.25, 0.3) is 0 Å². The molecule has 1 aliphatic heterocycles. The first-order chi connectivity index (χ1) is 11.9. The van der Waals surface area contributed by atoms with E-state index in [1.807, 2.05) is 13.0 Å². The Morgan fingerprint density at radius 2 is 2.12 bits per heavy atom. The molecule has 25 heavy (non-hydrogen) atoms. The second-order valence-electron chi connectivity index (χ2n) is 5.87. The summed E-state index contributed by atoms with van der Waals surface area (Å²) in [5.74, 6) is -0.00536. The summed E-state index contributed by atoms with van der Waals surface area (Å²) in [6, 6.07) is 9.35. The van der Waals surface area contributed by atoms with Crippen molar-refractivity contribution in [2.75, 3.05) is 13.1 Å². The molecular formula is C17H19N3O4S. The van der Waals surface area contributed by atoms with Crippen LogP contribution in [-0.2, 0) is 10.0 Å². The third-order valence-electron chi connectivity index (χ3n) is 4.12. The summed E-state index contributed by atoms with van der Waals surface area (Å²) in [7, 11) is -3.70. The molecule has 2 N–H and O–H groups in total. The molecule has 0 unspecified atom stereocenters. The predicted molar refractivity (Wildman–Crippen MR) is 91.7 cm³/mol. The summed E-state index contributed by atoms with van der Waals surface area (Å²) in [4.78, 5) is 15.5. The van der Waals surface area contributed by atoms with Gasteiger partial charge in [-0.1, -0.05) is 6.07 Å². The van der Waals surface area contributed by atoms with Gasteiger partial charge in [-0.15, -0.1) is 0 Å². The van der Waals surface area contributed by atoms with Crippen LogP contribution >= 0.6 is 0 Å². The molecular weight excluding hydrogens is 342 g/mol. The van der Waals surface area contributed by atoms with E-state index in [1.165, 1.54) is 28.6 Å². The molecule has 0 bridgehead atoms. The molecule has 3 rings (SSSR count). The van der Waals surface area contributed by atoms with Crippen LogP contribution in [-0.4, -0.2) is 42.8 Å². The molecule has 1 saturated heterocycles. The van der Waals surface area contributed by atoms with E-state index >= 15 is 0 Å². The lowest BCUT2D eigenvalue weighted by molar-refractivity contribution is 0.1000. The van der Waals surface area contributed by atoms with Crippen molar-refractivity contribution in [3.8, 4) is 5.75 Å². The molecule has 2 aromatic rings. The normalized spacial score (nSPS) is 18.2. The van der Waals surface area contributed by atoms with Gasteiger partial charge in [-0.3, -0.25) is 9.78 Å². The molecule has 8 heteroatoms. The molecule has 0 spiro atoms. The van der Waals surface area contributed by atoms with E-state index in [1.54, 1.807) is 12.3 Å². The van der Waals surface area contributed by atoms with E-state index in [9.17, 15) is 13.2 Å². The first-order valence-electron chi connectivity index (χ1n) is 7.86. The summed E-state index contributed by atoms with van der Waals surface area (Å²) in [6.45, 7) is 2.44.